The molecular formula is C21H35IN4O2. The number of nitrogens with one attached hydrogen (secondary N) is 3. The van der Waals surface area contributed by atoms with Gasteiger partial charge in [0.15, 0.2) is 12.6 Å². The minimum Gasteiger partial charge on any atom is -0.484 e. The Bertz CT molecular complexity index is 633. The number of guanidine groups is 1. The van der Waals surface area contributed by atoms with Crippen molar-refractivity contribution in [3.63, 3.8) is 0 Å². The fourth-order valence-corrected chi connectivity index (χ4v) is 2.66. The van der Waals surface area contributed by atoms with Crippen LogP contribution in [-0.2, 0) is 11.3 Å². The molecule has 1 fully saturated rings. The number of aliphatic imine (C=N–C) groups is 1. The molecule has 1 aromatic rings. The van der Waals surface area contributed by atoms with Gasteiger partial charge in [0.05, 0.1) is 0 Å². The first-order valence-corrected chi connectivity index (χ1v) is 9.94. The van der Waals surface area contributed by atoms with E-state index in [2.05, 4.69) is 41.7 Å². The van der Waals surface area contributed by atoms with Crippen molar-refractivity contribution in [1.82, 2.24) is 16.0 Å². The maximum absolute atomic E-state index is 11.7. The summed E-state index contributed by atoms with van der Waals surface area (Å²) >= 11 is 0. The number of amides is 1. The van der Waals surface area contributed by atoms with E-state index >= 15 is 0 Å². The van der Waals surface area contributed by atoms with Crippen molar-refractivity contribution in [3.8, 4) is 5.75 Å². The third kappa shape index (κ3) is 10.1. The molecule has 0 spiro atoms. The third-order valence-corrected chi connectivity index (χ3v) is 4.45. The topological polar surface area (TPSA) is 74.8 Å². The van der Waals surface area contributed by atoms with Crippen LogP contribution in [0.4, 0.5) is 0 Å². The molecule has 0 aliphatic heterocycles. The molecule has 1 amide bonds. The molecule has 158 valence electrons. The van der Waals surface area contributed by atoms with Crippen molar-refractivity contribution in [1.29, 1.82) is 0 Å². The van der Waals surface area contributed by atoms with E-state index in [9.17, 15) is 4.79 Å². The first-order valence-electron chi connectivity index (χ1n) is 9.94. The third-order valence-electron chi connectivity index (χ3n) is 4.45. The first-order chi connectivity index (χ1) is 13.0. The maximum atomic E-state index is 11.7. The van der Waals surface area contributed by atoms with Crippen molar-refractivity contribution in [2.45, 2.75) is 65.1 Å². The van der Waals surface area contributed by atoms with Gasteiger partial charge in [-0.05, 0) is 56.2 Å². The van der Waals surface area contributed by atoms with Crippen molar-refractivity contribution in [3.05, 3.63) is 29.8 Å². The molecule has 6 nitrogen and oxygen atoms in total. The molecule has 1 aliphatic carbocycles. The van der Waals surface area contributed by atoms with E-state index in [1.807, 2.05) is 24.3 Å². The molecule has 28 heavy (non-hydrogen) atoms. The molecule has 0 radical (unpaired) electrons. The van der Waals surface area contributed by atoms with Crippen LogP contribution >= 0.6 is 24.0 Å². The van der Waals surface area contributed by atoms with Crippen molar-refractivity contribution in [2.24, 2.45) is 10.9 Å². The minimum absolute atomic E-state index is 0. The molecule has 1 aromatic carbocycles. The van der Waals surface area contributed by atoms with Crippen LogP contribution in [-0.4, -0.2) is 37.6 Å². The summed E-state index contributed by atoms with van der Waals surface area (Å²) < 4.78 is 5.60. The van der Waals surface area contributed by atoms with Crippen molar-refractivity contribution < 1.29 is 9.53 Å². The van der Waals surface area contributed by atoms with Gasteiger partial charge in [-0.15, -0.1) is 24.0 Å². The van der Waals surface area contributed by atoms with Crippen molar-refractivity contribution >= 4 is 35.8 Å². The summed E-state index contributed by atoms with van der Waals surface area (Å²) in [4.78, 5) is 16.0. The zero-order valence-corrected chi connectivity index (χ0v) is 19.8. The Morgan fingerprint density at radius 3 is 2.64 bits per heavy atom. The van der Waals surface area contributed by atoms with Gasteiger partial charge in [0.1, 0.15) is 5.75 Å². The van der Waals surface area contributed by atoms with E-state index in [1.165, 1.54) is 6.42 Å². The lowest BCUT2D eigenvalue weighted by Gasteiger charge is -2.19. The van der Waals surface area contributed by atoms with E-state index in [4.69, 9.17) is 4.74 Å². The highest BCUT2D eigenvalue weighted by molar-refractivity contribution is 14.0. The molecule has 1 aliphatic rings. The fourth-order valence-electron chi connectivity index (χ4n) is 2.66. The van der Waals surface area contributed by atoms with Crippen molar-refractivity contribution in [2.75, 3.05) is 13.7 Å². The van der Waals surface area contributed by atoms with E-state index in [-0.39, 0.29) is 36.5 Å². The molecule has 2 rings (SSSR count). The summed E-state index contributed by atoms with van der Waals surface area (Å²) in [6.45, 7) is 7.36. The standard InChI is InChI=1S/C21H34N4O2.HI/c1-15(2)8-9-16(3)24-21(22-4)23-13-17-6-5-7-19(12-17)27-14-20(26)25-18-10-11-18;/h5-7,12,15-16,18H,8-11,13-14H2,1-4H3,(H,25,26)(H2,22,23,24);1H. The number of nitrogens with zero attached hydrogens (tertiary/aromatic N) is 1. The Morgan fingerprint density at radius 1 is 1.25 bits per heavy atom. The van der Waals surface area contributed by atoms with Gasteiger partial charge in [0, 0.05) is 25.7 Å². The van der Waals surface area contributed by atoms with Gasteiger partial charge in [-0.2, -0.15) is 0 Å². The molecule has 0 bridgehead atoms. The van der Waals surface area contributed by atoms with Crippen LogP contribution in [0.25, 0.3) is 0 Å². The molecular weight excluding hydrogens is 467 g/mol. The predicted molar refractivity (Wildman–Crippen MR) is 125 cm³/mol. The van der Waals surface area contributed by atoms with Crippen LogP contribution in [0.1, 0.15) is 52.0 Å². The summed E-state index contributed by atoms with van der Waals surface area (Å²) in [6.07, 6.45) is 4.47. The Labute approximate surface area is 186 Å². The molecule has 0 aromatic heterocycles. The number of carbonyl (C=O) groups is 1. The van der Waals surface area contributed by atoms with Gasteiger partial charge in [-0.1, -0.05) is 26.0 Å². The van der Waals surface area contributed by atoms with Gasteiger partial charge < -0.3 is 20.7 Å². The molecule has 1 atom stereocenters. The average molecular weight is 502 g/mol. The second-order valence-electron chi connectivity index (χ2n) is 7.72. The van der Waals surface area contributed by atoms with E-state index in [0.29, 0.717) is 30.3 Å². The predicted octanol–water partition coefficient (Wildman–Crippen LogP) is 3.45. The van der Waals surface area contributed by atoms with Gasteiger partial charge >= 0.3 is 0 Å². The van der Waals surface area contributed by atoms with Gasteiger partial charge in [-0.25, -0.2) is 0 Å². The number of ether oxygens (including phenoxy) is 1. The van der Waals surface area contributed by atoms with Crippen LogP contribution in [0.2, 0.25) is 0 Å². The van der Waals surface area contributed by atoms with Crippen LogP contribution in [0.3, 0.4) is 0 Å². The summed E-state index contributed by atoms with van der Waals surface area (Å²) in [5, 5.41) is 9.68. The second kappa shape index (κ2) is 12.9. The summed E-state index contributed by atoms with van der Waals surface area (Å²) in [7, 11) is 1.78. The Morgan fingerprint density at radius 2 is 2.00 bits per heavy atom. The smallest absolute Gasteiger partial charge is 0.258 e. The zero-order chi connectivity index (χ0) is 19.6. The average Bonchev–Trinajstić information content (AvgIpc) is 3.46. The highest BCUT2D eigenvalue weighted by Gasteiger charge is 2.23. The Hall–Kier alpha value is -1.51. The quantitative estimate of drug-likeness (QED) is 0.260. The molecule has 7 heteroatoms. The van der Waals surface area contributed by atoms with Crippen LogP contribution in [0.5, 0.6) is 5.75 Å². The molecule has 0 saturated heterocycles. The first kappa shape index (κ1) is 24.5. The number of carbonyl (C=O) groups excluding carboxylic acids is 1. The summed E-state index contributed by atoms with van der Waals surface area (Å²) in [6, 6.07) is 8.52. The number of benzene rings is 1. The van der Waals surface area contributed by atoms with E-state index in [0.717, 1.165) is 30.8 Å². The molecule has 0 heterocycles. The van der Waals surface area contributed by atoms with Gasteiger partial charge in [-0.3, -0.25) is 9.79 Å². The number of hydrogen-bond acceptors (Lipinski definition) is 3. The number of hydrogen-bond donors (Lipinski definition) is 3. The monoisotopic (exact) mass is 502 g/mol. The Balaban J connectivity index is 0.00000392. The summed E-state index contributed by atoms with van der Waals surface area (Å²) in [5.41, 5.74) is 1.08. The SMILES string of the molecule is CN=C(NCc1cccc(OCC(=O)NC2CC2)c1)NC(C)CCC(C)C.I. The number of rotatable bonds is 10. The van der Waals surface area contributed by atoms with E-state index < -0.39 is 0 Å². The highest BCUT2D eigenvalue weighted by atomic mass is 127. The molecule has 1 unspecified atom stereocenters. The number of halogens is 1. The zero-order valence-electron chi connectivity index (χ0n) is 17.5. The minimum atomic E-state index is -0.0546. The summed E-state index contributed by atoms with van der Waals surface area (Å²) in [5.74, 6) is 2.15. The molecule has 3 N–H and O–H groups in total. The second-order valence-corrected chi connectivity index (χ2v) is 7.72. The molecule has 1 saturated carbocycles. The lowest BCUT2D eigenvalue weighted by Crippen LogP contribution is -2.41. The lowest BCUT2D eigenvalue weighted by molar-refractivity contribution is -0.123. The fraction of sp³-hybridized carbons (Fsp3) is 0.619. The van der Waals surface area contributed by atoms with Gasteiger partial charge in [0.2, 0.25) is 0 Å². The maximum Gasteiger partial charge on any atom is 0.258 e. The normalized spacial score (nSPS) is 14.8. The highest BCUT2D eigenvalue weighted by Crippen LogP contribution is 2.18. The van der Waals surface area contributed by atoms with Crippen LogP contribution in [0.15, 0.2) is 29.3 Å². The van der Waals surface area contributed by atoms with Gasteiger partial charge in [0.25, 0.3) is 5.91 Å². The largest absolute Gasteiger partial charge is 0.484 e. The van der Waals surface area contributed by atoms with Crippen LogP contribution < -0.4 is 20.7 Å². The lowest BCUT2D eigenvalue weighted by atomic mass is 10.0. The van der Waals surface area contributed by atoms with Crippen LogP contribution in [0, 0.1) is 5.92 Å². The van der Waals surface area contributed by atoms with E-state index in [1.54, 1.807) is 7.05 Å². The Kier molecular flexibility index (Phi) is 11.3.